The van der Waals surface area contributed by atoms with Gasteiger partial charge in [-0.05, 0) is 46.3 Å². The number of sulfonamides is 1. The van der Waals surface area contributed by atoms with Gasteiger partial charge < -0.3 is 14.6 Å². The summed E-state index contributed by atoms with van der Waals surface area (Å²) in [6, 6.07) is 10.4. The molecule has 0 aliphatic carbocycles. The topological polar surface area (TPSA) is 93.1 Å². The van der Waals surface area contributed by atoms with Crippen LogP contribution in [0.1, 0.15) is 0 Å². The first kappa shape index (κ1) is 19.1. The number of halogens is 1. The third-order valence-electron chi connectivity index (χ3n) is 3.33. The summed E-state index contributed by atoms with van der Waals surface area (Å²) in [5.41, 5.74) is 0.189. The summed E-state index contributed by atoms with van der Waals surface area (Å²) < 4.78 is 37.4. The Labute approximate surface area is 154 Å². The van der Waals surface area contributed by atoms with Gasteiger partial charge in [-0.1, -0.05) is 6.07 Å². The van der Waals surface area contributed by atoms with Gasteiger partial charge in [0.15, 0.2) is 0 Å². The zero-order valence-electron chi connectivity index (χ0n) is 13.5. The van der Waals surface area contributed by atoms with Crippen LogP contribution in [0.15, 0.2) is 51.8 Å². The van der Waals surface area contributed by atoms with Gasteiger partial charge in [-0.15, -0.1) is 0 Å². The third kappa shape index (κ3) is 4.23. The molecule has 0 bridgehead atoms. The molecule has 0 heterocycles. The molecule has 0 spiro atoms. The molecule has 0 fully saturated rings. The maximum Gasteiger partial charge on any atom is 0.324 e. The highest BCUT2D eigenvalue weighted by Gasteiger charge is 2.28. The van der Waals surface area contributed by atoms with Crippen LogP contribution in [0.3, 0.4) is 0 Å². The van der Waals surface area contributed by atoms with Gasteiger partial charge in [-0.25, -0.2) is 8.42 Å². The Hall–Kier alpha value is -2.26. The standard InChI is InChI=1S/C16H16BrNO6S/c1-23-12-5-3-4-11(8-12)18(10-16(19)20)25(21,22)13-6-7-15(24-2)14(17)9-13/h3-9H,10H2,1-2H3,(H,19,20). The van der Waals surface area contributed by atoms with Gasteiger partial charge in [0.2, 0.25) is 0 Å². The summed E-state index contributed by atoms with van der Waals surface area (Å²) in [6.45, 7) is -0.723. The van der Waals surface area contributed by atoms with Gasteiger partial charge in [-0.2, -0.15) is 0 Å². The molecule has 0 radical (unpaired) electrons. The van der Waals surface area contributed by atoms with Crippen molar-refractivity contribution in [2.75, 3.05) is 25.1 Å². The van der Waals surface area contributed by atoms with E-state index in [-0.39, 0.29) is 10.6 Å². The lowest BCUT2D eigenvalue weighted by atomic mass is 10.3. The zero-order valence-corrected chi connectivity index (χ0v) is 15.9. The van der Waals surface area contributed by atoms with Gasteiger partial charge in [0.25, 0.3) is 10.0 Å². The van der Waals surface area contributed by atoms with E-state index in [0.29, 0.717) is 16.0 Å². The molecule has 1 N–H and O–H groups in total. The lowest BCUT2D eigenvalue weighted by molar-refractivity contribution is -0.135. The van der Waals surface area contributed by atoms with Gasteiger partial charge in [0, 0.05) is 6.07 Å². The van der Waals surface area contributed by atoms with Crippen molar-refractivity contribution in [1.29, 1.82) is 0 Å². The van der Waals surface area contributed by atoms with Crippen LogP contribution in [0.4, 0.5) is 5.69 Å². The van der Waals surface area contributed by atoms with Gasteiger partial charge in [0.1, 0.15) is 18.0 Å². The Balaban J connectivity index is 2.55. The third-order valence-corrected chi connectivity index (χ3v) is 5.72. The molecule has 0 aromatic heterocycles. The number of methoxy groups -OCH3 is 2. The summed E-state index contributed by atoms with van der Waals surface area (Å²) in [7, 11) is -1.21. The Morgan fingerprint density at radius 1 is 1.16 bits per heavy atom. The minimum Gasteiger partial charge on any atom is -0.497 e. The second-order valence-electron chi connectivity index (χ2n) is 4.90. The van der Waals surface area contributed by atoms with E-state index >= 15 is 0 Å². The van der Waals surface area contributed by atoms with Crippen molar-refractivity contribution in [2.45, 2.75) is 4.90 Å². The SMILES string of the molecule is COc1cccc(N(CC(=O)O)S(=O)(=O)c2ccc(OC)c(Br)c2)c1. The summed E-state index contributed by atoms with van der Waals surface area (Å²) in [4.78, 5) is 11.2. The van der Waals surface area contributed by atoms with Crippen molar-refractivity contribution in [3.63, 3.8) is 0 Å². The van der Waals surface area contributed by atoms with E-state index < -0.39 is 22.5 Å². The van der Waals surface area contributed by atoms with E-state index in [0.717, 1.165) is 4.31 Å². The van der Waals surface area contributed by atoms with E-state index in [9.17, 15) is 13.2 Å². The quantitative estimate of drug-likeness (QED) is 0.726. The van der Waals surface area contributed by atoms with Gasteiger partial charge >= 0.3 is 5.97 Å². The number of benzene rings is 2. The molecule has 2 rings (SSSR count). The molecule has 0 aliphatic rings. The van der Waals surface area contributed by atoms with Gasteiger partial charge in [0.05, 0.1) is 29.3 Å². The minimum absolute atomic E-state index is 0.0655. The molecule has 0 saturated heterocycles. The first-order valence-corrected chi connectivity index (χ1v) is 9.25. The largest absolute Gasteiger partial charge is 0.497 e. The highest BCUT2D eigenvalue weighted by Crippen LogP contribution is 2.31. The number of ether oxygens (including phenoxy) is 2. The molecule has 9 heteroatoms. The van der Waals surface area contributed by atoms with Crippen molar-refractivity contribution in [2.24, 2.45) is 0 Å². The Morgan fingerprint density at radius 3 is 2.44 bits per heavy atom. The second-order valence-corrected chi connectivity index (χ2v) is 7.62. The van der Waals surface area contributed by atoms with E-state index in [4.69, 9.17) is 14.6 Å². The van der Waals surface area contributed by atoms with E-state index in [1.54, 1.807) is 12.1 Å². The first-order valence-electron chi connectivity index (χ1n) is 7.01. The van der Waals surface area contributed by atoms with Crippen molar-refractivity contribution >= 4 is 37.6 Å². The van der Waals surface area contributed by atoms with Gasteiger partial charge in [-0.3, -0.25) is 9.10 Å². The number of aliphatic carboxylic acids is 1. The molecule has 0 saturated carbocycles. The fourth-order valence-corrected chi connectivity index (χ4v) is 4.26. The molecule has 0 atom stereocenters. The molecule has 0 amide bonds. The second kappa shape index (κ2) is 7.75. The van der Waals surface area contributed by atoms with Crippen LogP contribution in [0, 0.1) is 0 Å². The average Bonchev–Trinajstić information content (AvgIpc) is 2.59. The van der Waals surface area contributed by atoms with Crippen molar-refractivity contribution in [3.8, 4) is 11.5 Å². The number of anilines is 1. The molecule has 134 valence electrons. The van der Waals surface area contributed by atoms with Crippen LogP contribution in [0.2, 0.25) is 0 Å². The van der Waals surface area contributed by atoms with E-state index in [1.807, 2.05) is 0 Å². The summed E-state index contributed by atoms with van der Waals surface area (Å²) in [6.07, 6.45) is 0. The first-order chi connectivity index (χ1) is 11.8. The highest BCUT2D eigenvalue weighted by molar-refractivity contribution is 9.10. The zero-order chi connectivity index (χ0) is 18.6. The summed E-state index contributed by atoms with van der Waals surface area (Å²) >= 11 is 3.23. The normalized spacial score (nSPS) is 11.0. The fraction of sp³-hybridized carbons (Fsp3) is 0.188. The number of rotatable bonds is 7. The molecule has 0 aliphatic heterocycles. The maximum atomic E-state index is 13.0. The Kier molecular flexibility index (Phi) is 5.91. The van der Waals surface area contributed by atoms with Crippen LogP contribution in [-0.2, 0) is 14.8 Å². The van der Waals surface area contributed by atoms with Crippen LogP contribution in [0.25, 0.3) is 0 Å². The molecule has 25 heavy (non-hydrogen) atoms. The molecule has 2 aromatic carbocycles. The van der Waals surface area contributed by atoms with Crippen molar-refractivity contribution in [3.05, 3.63) is 46.9 Å². The van der Waals surface area contributed by atoms with Crippen LogP contribution in [-0.4, -0.2) is 40.3 Å². The highest BCUT2D eigenvalue weighted by atomic mass is 79.9. The Morgan fingerprint density at radius 2 is 1.88 bits per heavy atom. The van der Waals surface area contributed by atoms with Crippen molar-refractivity contribution < 1.29 is 27.8 Å². The van der Waals surface area contributed by atoms with Crippen LogP contribution in [0.5, 0.6) is 11.5 Å². The average molecular weight is 430 g/mol. The van der Waals surface area contributed by atoms with Crippen molar-refractivity contribution in [1.82, 2.24) is 0 Å². The number of hydrogen-bond acceptors (Lipinski definition) is 5. The minimum atomic E-state index is -4.11. The molecular formula is C16H16BrNO6S. The maximum absolute atomic E-state index is 13.0. The lowest BCUT2D eigenvalue weighted by Crippen LogP contribution is -2.35. The molecular weight excluding hydrogens is 414 g/mol. The lowest BCUT2D eigenvalue weighted by Gasteiger charge is -2.23. The number of carboxylic acids is 1. The van der Waals surface area contributed by atoms with Crippen LogP contribution >= 0.6 is 15.9 Å². The number of nitrogens with zero attached hydrogens (tertiary/aromatic N) is 1. The van der Waals surface area contributed by atoms with Crippen LogP contribution < -0.4 is 13.8 Å². The molecule has 7 nitrogen and oxygen atoms in total. The summed E-state index contributed by atoms with van der Waals surface area (Å²) in [5, 5.41) is 9.15. The van der Waals surface area contributed by atoms with E-state index in [1.165, 1.54) is 44.6 Å². The molecule has 0 unspecified atom stereocenters. The predicted octanol–water partition coefficient (Wildman–Crippen LogP) is 2.75. The number of hydrogen-bond donors (Lipinski definition) is 1. The smallest absolute Gasteiger partial charge is 0.324 e. The summed E-state index contributed by atoms with van der Waals surface area (Å²) in [5.74, 6) is -0.400. The number of carbonyl (C=O) groups is 1. The Bertz CT molecular complexity index is 884. The van der Waals surface area contributed by atoms with E-state index in [2.05, 4.69) is 15.9 Å². The monoisotopic (exact) mass is 429 g/mol. The molecule has 2 aromatic rings. The number of carboxylic acid groups (broad SMARTS) is 1. The predicted molar refractivity (Wildman–Crippen MR) is 95.9 cm³/mol. The fourth-order valence-electron chi connectivity index (χ4n) is 2.14.